The lowest BCUT2D eigenvalue weighted by Crippen LogP contribution is -2.51. The van der Waals surface area contributed by atoms with Crippen LogP contribution in [-0.2, 0) is 23.7 Å². The van der Waals surface area contributed by atoms with Crippen molar-refractivity contribution >= 4 is 11.9 Å². The zero-order valence-corrected chi connectivity index (χ0v) is 17.2. The molecule has 0 atom stereocenters. The lowest BCUT2D eigenvalue weighted by atomic mass is 9.91. The molecule has 6 heteroatoms. The van der Waals surface area contributed by atoms with Gasteiger partial charge in [0.2, 0.25) is 0 Å². The van der Waals surface area contributed by atoms with Crippen molar-refractivity contribution in [2.45, 2.75) is 26.6 Å². The largest absolute Gasteiger partial charge is 0.461 e. The Labute approximate surface area is 171 Å². The molecule has 0 aliphatic carbocycles. The van der Waals surface area contributed by atoms with Gasteiger partial charge in [-0.05, 0) is 39.0 Å². The molecule has 1 aliphatic heterocycles. The number of ether oxygens (including phenoxy) is 4. The van der Waals surface area contributed by atoms with Gasteiger partial charge in [-0.2, -0.15) is 0 Å². The van der Waals surface area contributed by atoms with Crippen LogP contribution in [0.3, 0.4) is 0 Å². The van der Waals surface area contributed by atoms with Crippen molar-refractivity contribution in [1.82, 2.24) is 0 Å². The molecule has 0 unspecified atom stereocenters. The molecule has 0 bridgehead atoms. The summed E-state index contributed by atoms with van der Waals surface area (Å²) in [5.41, 5.74) is 0.0176. The summed E-state index contributed by atoms with van der Waals surface area (Å²) >= 11 is 0. The van der Waals surface area contributed by atoms with Gasteiger partial charge in [0.05, 0.1) is 29.8 Å². The Hall–Kier alpha value is -2.70. The highest BCUT2D eigenvalue weighted by Crippen LogP contribution is 2.31. The van der Waals surface area contributed by atoms with E-state index in [-0.39, 0.29) is 26.4 Å². The van der Waals surface area contributed by atoms with Crippen molar-refractivity contribution in [2.75, 3.05) is 26.4 Å². The molecule has 2 rings (SSSR count). The summed E-state index contributed by atoms with van der Waals surface area (Å²) in [6, 6.07) is 8.70. The van der Waals surface area contributed by atoms with E-state index < -0.39 is 23.1 Å². The molecule has 29 heavy (non-hydrogen) atoms. The van der Waals surface area contributed by atoms with Gasteiger partial charge in [-0.25, -0.2) is 9.59 Å². The predicted molar refractivity (Wildman–Crippen MR) is 109 cm³/mol. The van der Waals surface area contributed by atoms with E-state index in [1.165, 1.54) is 6.08 Å². The predicted octanol–water partition coefficient (Wildman–Crippen LogP) is 3.84. The molecule has 1 heterocycles. The highest BCUT2D eigenvalue weighted by atomic mass is 16.7. The molecule has 156 valence electrons. The molecule has 0 amide bonds. The minimum atomic E-state index is -0.801. The van der Waals surface area contributed by atoms with E-state index in [0.717, 1.165) is 0 Å². The SMILES string of the molecule is C=C/C=C(\C=C/C)C(=O)OCC1(COC(=O)c2ccccc2)COC(C)(C)OC1. The lowest BCUT2D eigenvalue weighted by molar-refractivity contribution is -0.295. The van der Waals surface area contributed by atoms with Gasteiger partial charge in [0.1, 0.15) is 13.2 Å². The summed E-state index contributed by atoms with van der Waals surface area (Å²) in [6.45, 7) is 9.43. The number of allylic oxidation sites excluding steroid dienone is 3. The minimum Gasteiger partial charge on any atom is -0.461 e. The van der Waals surface area contributed by atoms with E-state index in [4.69, 9.17) is 18.9 Å². The number of hydrogen-bond acceptors (Lipinski definition) is 6. The van der Waals surface area contributed by atoms with Crippen LogP contribution in [0.4, 0.5) is 0 Å². The Morgan fingerprint density at radius 1 is 1.10 bits per heavy atom. The smallest absolute Gasteiger partial charge is 0.338 e. The van der Waals surface area contributed by atoms with Crippen LogP contribution in [0.2, 0.25) is 0 Å². The first-order valence-corrected chi connectivity index (χ1v) is 9.43. The number of carbonyl (C=O) groups excluding carboxylic acids is 2. The maximum absolute atomic E-state index is 12.4. The Morgan fingerprint density at radius 2 is 1.72 bits per heavy atom. The van der Waals surface area contributed by atoms with Gasteiger partial charge in [-0.1, -0.05) is 43.0 Å². The number of hydrogen-bond donors (Lipinski definition) is 0. The molecule has 0 aromatic heterocycles. The van der Waals surface area contributed by atoms with Crippen LogP contribution in [0.1, 0.15) is 31.1 Å². The fourth-order valence-electron chi connectivity index (χ4n) is 2.62. The molecule has 1 fully saturated rings. The average molecular weight is 400 g/mol. The monoisotopic (exact) mass is 400 g/mol. The van der Waals surface area contributed by atoms with Gasteiger partial charge in [-0.15, -0.1) is 0 Å². The molecular weight excluding hydrogens is 372 g/mol. The van der Waals surface area contributed by atoms with Crippen molar-refractivity contribution < 1.29 is 28.5 Å². The molecule has 1 aromatic rings. The standard InChI is InChI=1S/C23H28O6/c1-5-10-18(11-6-2)20(24)26-14-23(16-28-22(3,4)29-17-23)15-27-21(25)19-12-8-7-9-13-19/h5-13H,1,14-17H2,2-4H3/b11-6-,18-10+. The van der Waals surface area contributed by atoms with Crippen LogP contribution in [-0.4, -0.2) is 44.2 Å². The Bertz CT molecular complexity index is 766. The Morgan fingerprint density at radius 3 is 2.31 bits per heavy atom. The second-order valence-electron chi connectivity index (χ2n) is 7.35. The Balaban J connectivity index is 2.08. The van der Waals surface area contributed by atoms with Crippen LogP contribution < -0.4 is 0 Å². The molecule has 0 spiro atoms. The summed E-state index contributed by atoms with van der Waals surface area (Å²) in [6.07, 6.45) is 6.47. The van der Waals surface area contributed by atoms with E-state index in [9.17, 15) is 9.59 Å². The number of rotatable bonds is 8. The molecule has 0 saturated carbocycles. The van der Waals surface area contributed by atoms with Crippen LogP contribution in [0.25, 0.3) is 0 Å². The van der Waals surface area contributed by atoms with Gasteiger partial charge in [0.25, 0.3) is 0 Å². The van der Waals surface area contributed by atoms with Crippen molar-refractivity contribution in [3.05, 3.63) is 72.4 Å². The van der Waals surface area contributed by atoms with Gasteiger partial charge in [0.15, 0.2) is 5.79 Å². The first-order valence-electron chi connectivity index (χ1n) is 9.43. The van der Waals surface area contributed by atoms with E-state index in [1.54, 1.807) is 63.3 Å². The highest BCUT2D eigenvalue weighted by Gasteiger charge is 2.42. The Kier molecular flexibility index (Phi) is 7.93. The summed E-state index contributed by atoms with van der Waals surface area (Å²) in [5.74, 6) is -1.71. The zero-order chi connectivity index (χ0) is 21.3. The molecule has 6 nitrogen and oxygen atoms in total. The lowest BCUT2D eigenvalue weighted by Gasteiger charge is -2.42. The van der Waals surface area contributed by atoms with Crippen molar-refractivity contribution in [3.8, 4) is 0 Å². The van der Waals surface area contributed by atoms with E-state index >= 15 is 0 Å². The van der Waals surface area contributed by atoms with Crippen LogP contribution in [0.15, 0.2) is 66.8 Å². The number of carbonyl (C=O) groups is 2. The van der Waals surface area contributed by atoms with Crippen LogP contribution >= 0.6 is 0 Å². The van der Waals surface area contributed by atoms with Gasteiger partial charge in [-0.3, -0.25) is 0 Å². The van der Waals surface area contributed by atoms with Gasteiger partial charge in [0, 0.05) is 0 Å². The maximum atomic E-state index is 12.4. The van der Waals surface area contributed by atoms with Gasteiger partial charge >= 0.3 is 11.9 Å². The first-order chi connectivity index (χ1) is 13.8. The fourth-order valence-corrected chi connectivity index (χ4v) is 2.62. The third-order valence-electron chi connectivity index (χ3n) is 4.36. The molecule has 1 aromatic carbocycles. The molecule has 0 N–H and O–H groups in total. The summed E-state index contributed by atoms with van der Waals surface area (Å²) < 4.78 is 22.5. The second kappa shape index (κ2) is 10.2. The van der Waals surface area contributed by atoms with Crippen LogP contribution in [0.5, 0.6) is 0 Å². The van der Waals surface area contributed by atoms with Crippen molar-refractivity contribution in [2.24, 2.45) is 5.41 Å². The van der Waals surface area contributed by atoms with Gasteiger partial charge < -0.3 is 18.9 Å². The summed E-state index contributed by atoms with van der Waals surface area (Å²) in [5, 5.41) is 0. The molecular formula is C23H28O6. The first kappa shape index (κ1) is 22.6. The van der Waals surface area contributed by atoms with E-state index in [1.807, 2.05) is 6.07 Å². The van der Waals surface area contributed by atoms with E-state index in [2.05, 4.69) is 6.58 Å². The second-order valence-corrected chi connectivity index (χ2v) is 7.35. The molecule has 0 radical (unpaired) electrons. The third-order valence-corrected chi connectivity index (χ3v) is 4.36. The van der Waals surface area contributed by atoms with Crippen molar-refractivity contribution in [3.63, 3.8) is 0 Å². The average Bonchev–Trinajstić information content (AvgIpc) is 2.72. The summed E-state index contributed by atoms with van der Waals surface area (Å²) in [4.78, 5) is 24.7. The number of esters is 2. The van der Waals surface area contributed by atoms with Crippen molar-refractivity contribution in [1.29, 1.82) is 0 Å². The normalized spacial score (nSPS) is 18.2. The van der Waals surface area contributed by atoms with Crippen LogP contribution in [0, 0.1) is 5.41 Å². The van der Waals surface area contributed by atoms with E-state index in [0.29, 0.717) is 11.1 Å². The zero-order valence-electron chi connectivity index (χ0n) is 17.2. The molecule has 1 saturated heterocycles. The topological polar surface area (TPSA) is 71.1 Å². The molecule has 1 aliphatic rings. The fraction of sp³-hybridized carbons (Fsp3) is 0.391. The summed E-state index contributed by atoms with van der Waals surface area (Å²) in [7, 11) is 0. The quantitative estimate of drug-likeness (QED) is 0.375. The third kappa shape index (κ3) is 6.69. The minimum absolute atomic E-state index is 0.00574. The number of benzene rings is 1. The maximum Gasteiger partial charge on any atom is 0.338 e. The highest BCUT2D eigenvalue weighted by molar-refractivity contribution is 5.92.